The van der Waals surface area contributed by atoms with Gasteiger partial charge < -0.3 is 10.4 Å². The standard InChI is InChI=1S/C14H13ClN2O3S/c15-10-5-3-9(4-6-10)14-17-11(8-21-14)13(20)16-7-1-2-12(18)19/h3-6,8H,1-2,7H2,(H,16,20)(H,18,19). The van der Waals surface area contributed by atoms with Crippen LogP contribution in [0.15, 0.2) is 29.6 Å². The van der Waals surface area contributed by atoms with Crippen LogP contribution in [-0.4, -0.2) is 28.5 Å². The van der Waals surface area contributed by atoms with Crippen LogP contribution in [0.25, 0.3) is 10.6 Å². The molecule has 2 rings (SSSR count). The lowest BCUT2D eigenvalue weighted by atomic mass is 10.2. The van der Waals surface area contributed by atoms with Gasteiger partial charge in [0.1, 0.15) is 10.7 Å². The Labute approximate surface area is 130 Å². The van der Waals surface area contributed by atoms with Crippen LogP contribution in [0.4, 0.5) is 0 Å². The Morgan fingerprint density at radius 2 is 2.00 bits per heavy atom. The van der Waals surface area contributed by atoms with Crippen molar-refractivity contribution < 1.29 is 14.7 Å². The Kier molecular flexibility index (Phi) is 5.30. The summed E-state index contributed by atoms with van der Waals surface area (Å²) in [5.74, 6) is -1.17. The number of benzene rings is 1. The van der Waals surface area contributed by atoms with Gasteiger partial charge >= 0.3 is 5.97 Å². The third-order valence-corrected chi connectivity index (χ3v) is 3.82. The lowest BCUT2D eigenvalue weighted by Gasteiger charge is -2.01. The molecule has 0 aliphatic rings. The smallest absolute Gasteiger partial charge is 0.303 e. The molecule has 0 spiro atoms. The SMILES string of the molecule is O=C(O)CCCNC(=O)c1csc(-c2ccc(Cl)cc2)n1. The molecule has 0 saturated carbocycles. The van der Waals surface area contributed by atoms with E-state index in [-0.39, 0.29) is 12.3 Å². The molecule has 1 amide bonds. The molecule has 1 aromatic heterocycles. The average molecular weight is 325 g/mol. The molecule has 21 heavy (non-hydrogen) atoms. The number of nitrogens with zero attached hydrogens (tertiary/aromatic N) is 1. The van der Waals surface area contributed by atoms with E-state index in [0.29, 0.717) is 23.7 Å². The fraction of sp³-hybridized carbons (Fsp3) is 0.214. The van der Waals surface area contributed by atoms with Crippen LogP contribution in [-0.2, 0) is 4.79 Å². The largest absolute Gasteiger partial charge is 0.481 e. The molecule has 2 N–H and O–H groups in total. The van der Waals surface area contributed by atoms with Crippen LogP contribution in [0.1, 0.15) is 23.3 Å². The summed E-state index contributed by atoms with van der Waals surface area (Å²) in [5.41, 5.74) is 1.23. The third-order valence-electron chi connectivity index (χ3n) is 2.68. The van der Waals surface area contributed by atoms with Crippen LogP contribution < -0.4 is 5.32 Å². The molecule has 1 heterocycles. The van der Waals surface area contributed by atoms with Crippen molar-refractivity contribution in [2.75, 3.05) is 6.54 Å². The number of aliphatic carboxylic acids is 1. The third kappa shape index (κ3) is 4.54. The second-order valence-electron chi connectivity index (χ2n) is 4.30. The number of hydrogen-bond donors (Lipinski definition) is 2. The molecule has 2 aromatic rings. The van der Waals surface area contributed by atoms with Gasteiger partial charge in [-0.2, -0.15) is 0 Å². The Bertz CT molecular complexity index is 640. The summed E-state index contributed by atoms with van der Waals surface area (Å²) >= 11 is 7.20. The van der Waals surface area contributed by atoms with E-state index in [0.717, 1.165) is 10.6 Å². The van der Waals surface area contributed by atoms with Crippen LogP contribution in [0.2, 0.25) is 5.02 Å². The maximum atomic E-state index is 11.9. The molecule has 0 aliphatic carbocycles. The predicted octanol–water partition coefficient (Wildman–Crippen LogP) is 3.06. The van der Waals surface area contributed by atoms with Crippen molar-refractivity contribution in [3.05, 3.63) is 40.4 Å². The van der Waals surface area contributed by atoms with Crippen LogP contribution >= 0.6 is 22.9 Å². The van der Waals surface area contributed by atoms with Gasteiger partial charge in [-0.15, -0.1) is 11.3 Å². The lowest BCUT2D eigenvalue weighted by molar-refractivity contribution is -0.137. The topological polar surface area (TPSA) is 79.3 Å². The Hall–Kier alpha value is -1.92. The first-order chi connectivity index (χ1) is 10.1. The van der Waals surface area contributed by atoms with E-state index in [1.807, 2.05) is 12.1 Å². The number of amides is 1. The molecule has 0 aliphatic heterocycles. The number of carboxylic acids is 1. The number of rotatable bonds is 6. The van der Waals surface area contributed by atoms with Gasteiger partial charge in [0.2, 0.25) is 0 Å². The van der Waals surface area contributed by atoms with E-state index in [9.17, 15) is 9.59 Å². The highest BCUT2D eigenvalue weighted by atomic mass is 35.5. The normalized spacial score (nSPS) is 10.3. The minimum atomic E-state index is -0.872. The van der Waals surface area contributed by atoms with Crippen molar-refractivity contribution in [3.63, 3.8) is 0 Å². The fourth-order valence-electron chi connectivity index (χ4n) is 1.64. The molecule has 0 radical (unpaired) electrons. The first-order valence-electron chi connectivity index (χ1n) is 6.28. The maximum absolute atomic E-state index is 11.9. The van der Waals surface area contributed by atoms with E-state index in [2.05, 4.69) is 10.3 Å². The summed E-state index contributed by atoms with van der Waals surface area (Å²) in [6.45, 7) is 0.318. The number of thiazole rings is 1. The van der Waals surface area contributed by atoms with Crippen molar-refractivity contribution in [2.45, 2.75) is 12.8 Å². The summed E-state index contributed by atoms with van der Waals surface area (Å²) in [5, 5.41) is 14.2. The molecule has 0 bridgehead atoms. The number of halogens is 1. The van der Waals surface area contributed by atoms with E-state index >= 15 is 0 Å². The minimum absolute atomic E-state index is 0.0351. The summed E-state index contributed by atoms with van der Waals surface area (Å²) in [4.78, 5) is 26.5. The molecular weight excluding hydrogens is 312 g/mol. The predicted molar refractivity (Wildman–Crippen MR) is 81.8 cm³/mol. The van der Waals surface area contributed by atoms with E-state index in [1.54, 1.807) is 17.5 Å². The van der Waals surface area contributed by atoms with Crippen LogP contribution in [0.5, 0.6) is 0 Å². The van der Waals surface area contributed by atoms with Gasteiger partial charge in [0.25, 0.3) is 5.91 Å². The quantitative estimate of drug-likeness (QED) is 0.800. The zero-order chi connectivity index (χ0) is 15.2. The first kappa shape index (κ1) is 15.5. The van der Waals surface area contributed by atoms with Gasteiger partial charge in [-0.3, -0.25) is 9.59 Å². The van der Waals surface area contributed by atoms with Crippen molar-refractivity contribution in [1.82, 2.24) is 10.3 Å². The van der Waals surface area contributed by atoms with Gasteiger partial charge in [0.15, 0.2) is 0 Å². The summed E-state index contributed by atoms with van der Waals surface area (Å²) in [6.07, 6.45) is 0.433. The highest BCUT2D eigenvalue weighted by molar-refractivity contribution is 7.13. The van der Waals surface area contributed by atoms with E-state index in [4.69, 9.17) is 16.7 Å². The van der Waals surface area contributed by atoms with Crippen molar-refractivity contribution in [3.8, 4) is 10.6 Å². The van der Waals surface area contributed by atoms with Gasteiger partial charge in [-0.05, 0) is 18.6 Å². The van der Waals surface area contributed by atoms with E-state index in [1.165, 1.54) is 11.3 Å². The summed E-state index contributed by atoms with van der Waals surface area (Å²) < 4.78 is 0. The first-order valence-corrected chi connectivity index (χ1v) is 7.53. The number of nitrogens with one attached hydrogen (secondary N) is 1. The van der Waals surface area contributed by atoms with Crippen molar-refractivity contribution in [1.29, 1.82) is 0 Å². The molecule has 110 valence electrons. The lowest BCUT2D eigenvalue weighted by Crippen LogP contribution is -2.25. The zero-order valence-electron chi connectivity index (χ0n) is 11.0. The van der Waals surface area contributed by atoms with Gasteiger partial charge in [-0.1, -0.05) is 23.7 Å². The van der Waals surface area contributed by atoms with Gasteiger partial charge in [0.05, 0.1) is 0 Å². The monoisotopic (exact) mass is 324 g/mol. The molecule has 0 fully saturated rings. The molecule has 5 nitrogen and oxygen atoms in total. The van der Waals surface area contributed by atoms with Gasteiger partial charge in [0, 0.05) is 28.9 Å². The van der Waals surface area contributed by atoms with Crippen LogP contribution in [0, 0.1) is 0 Å². The second-order valence-corrected chi connectivity index (χ2v) is 5.59. The summed E-state index contributed by atoms with van der Waals surface area (Å²) in [7, 11) is 0. The Balaban J connectivity index is 1.94. The van der Waals surface area contributed by atoms with E-state index < -0.39 is 5.97 Å². The molecule has 0 unspecified atom stereocenters. The van der Waals surface area contributed by atoms with Crippen LogP contribution in [0.3, 0.4) is 0 Å². The molecule has 0 atom stereocenters. The Morgan fingerprint density at radius 1 is 1.29 bits per heavy atom. The number of carboxylic acid groups (broad SMARTS) is 1. The van der Waals surface area contributed by atoms with Crippen molar-refractivity contribution in [2.24, 2.45) is 0 Å². The molecule has 0 saturated heterocycles. The molecule has 1 aromatic carbocycles. The minimum Gasteiger partial charge on any atom is -0.481 e. The number of carbonyl (C=O) groups is 2. The molecule has 7 heteroatoms. The molecular formula is C14H13ClN2O3S. The second kappa shape index (κ2) is 7.19. The Morgan fingerprint density at radius 3 is 2.67 bits per heavy atom. The average Bonchev–Trinajstić information content (AvgIpc) is 2.94. The number of aromatic nitrogens is 1. The fourth-order valence-corrected chi connectivity index (χ4v) is 2.57. The highest BCUT2D eigenvalue weighted by Crippen LogP contribution is 2.25. The number of carbonyl (C=O) groups excluding carboxylic acids is 1. The zero-order valence-corrected chi connectivity index (χ0v) is 12.6. The van der Waals surface area contributed by atoms with Gasteiger partial charge in [-0.25, -0.2) is 4.98 Å². The maximum Gasteiger partial charge on any atom is 0.303 e. The van der Waals surface area contributed by atoms with Crippen molar-refractivity contribution >= 4 is 34.8 Å². The highest BCUT2D eigenvalue weighted by Gasteiger charge is 2.11. The summed E-state index contributed by atoms with van der Waals surface area (Å²) in [6, 6.07) is 7.22. The number of hydrogen-bond acceptors (Lipinski definition) is 4.